The van der Waals surface area contributed by atoms with Crippen molar-refractivity contribution in [2.75, 3.05) is 14.2 Å². The third kappa shape index (κ3) is 5.23. The monoisotopic (exact) mass is 424 g/mol. The lowest BCUT2D eigenvalue weighted by Crippen LogP contribution is -2.41. The molecule has 1 aromatic heterocycles. The molecule has 0 unspecified atom stereocenters. The van der Waals surface area contributed by atoms with Crippen molar-refractivity contribution in [3.05, 3.63) is 47.8 Å². The number of methoxy groups -OCH3 is 1. The second-order valence-corrected chi connectivity index (χ2v) is 8.68. The number of aromatic amines is 1. The van der Waals surface area contributed by atoms with Gasteiger partial charge in [-0.2, -0.15) is 0 Å². The Morgan fingerprint density at radius 2 is 2.00 bits per heavy atom. The van der Waals surface area contributed by atoms with Crippen molar-refractivity contribution in [2.24, 2.45) is 0 Å². The number of amides is 1. The summed E-state index contributed by atoms with van der Waals surface area (Å²) in [5.41, 5.74) is 0.890. The van der Waals surface area contributed by atoms with Crippen LogP contribution in [0.2, 0.25) is 0 Å². The summed E-state index contributed by atoms with van der Waals surface area (Å²) in [5.74, 6) is -0.0818. The van der Waals surface area contributed by atoms with Crippen LogP contribution in [0.25, 0.3) is 0 Å². The molecule has 0 atom stereocenters. The summed E-state index contributed by atoms with van der Waals surface area (Å²) in [4.78, 5) is 15.4. The van der Waals surface area contributed by atoms with Crippen LogP contribution in [-0.2, 0) is 26.8 Å². The highest BCUT2D eigenvalue weighted by molar-refractivity contribution is 7.92. The van der Waals surface area contributed by atoms with Crippen molar-refractivity contribution >= 4 is 33.3 Å². The standard InChI is InChI=1S/C18H24N4O4S2/c1-18(2,13-7-8-20-11-13)21-16(23)10-12-5-6-14(26-4)15(9-12)28(24,25)22-17(27)19-3/h5-9,11,20H,10H2,1-4H3,(H,21,23)(H2,19,22,27). The molecule has 0 aliphatic carbocycles. The van der Waals surface area contributed by atoms with E-state index >= 15 is 0 Å². The zero-order chi connectivity index (χ0) is 20.9. The van der Waals surface area contributed by atoms with Crippen molar-refractivity contribution in [1.82, 2.24) is 20.3 Å². The van der Waals surface area contributed by atoms with E-state index < -0.39 is 15.6 Å². The zero-order valence-electron chi connectivity index (χ0n) is 16.1. The molecule has 1 aromatic carbocycles. The minimum atomic E-state index is -3.96. The van der Waals surface area contributed by atoms with E-state index in [1.54, 1.807) is 12.3 Å². The van der Waals surface area contributed by atoms with Gasteiger partial charge in [0.15, 0.2) is 5.11 Å². The van der Waals surface area contributed by atoms with Crippen molar-refractivity contribution in [1.29, 1.82) is 0 Å². The molecule has 2 aromatic rings. The van der Waals surface area contributed by atoms with Crippen molar-refractivity contribution in [3.63, 3.8) is 0 Å². The van der Waals surface area contributed by atoms with Gasteiger partial charge in [0.1, 0.15) is 10.6 Å². The van der Waals surface area contributed by atoms with Crippen LogP contribution in [0.3, 0.4) is 0 Å². The highest BCUT2D eigenvalue weighted by Gasteiger charge is 2.25. The van der Waals surface area contributed by atoms with Gasteiger partial charge in [0, 0.05) is 19.4 Å². The van der Waals surface area contributed by atoms with Gasteiger partial charge in [-0.25, -0.2) is 8.42 Å². The van der Waals surface area contributed by atoms with Crippen LogP contribution in [0.1, 0.15) is 25.0 Å². The molecular weight excluding hydrogens is 400 g/mol. The van der Waals surface area contributed by atoms with Crippen LogP contribution in [0, 0.1) is 0 Å². The molecule has 0 saturated carbocycles. The Kier molecular flexibility index (Phi) is 6.68. The van der Waals surface area contributed by atoms with Gasteiger partial charge in [0.2, 0.25) is 5.91 Å². The Morgan fingerprint density at radius 1 is 1.29 bits per heavy atom. The predicted octanol–water partition coefficient (Wildman–Crippen LogP) is 1.40. The molecule has 0 aliphatic heterocycles. The Morgan fingerprint density at radius 3 is 2.57 bits per heavy atom. The molecule has 1 amide bonds. The largest absolute Gasteiger partial charge is 0.495 e. The number of ether oxygens (including phenoxy) is 1. The fourth-order valence-electron chi connectivity index (χ4n) is 2.63. The molecule has 1 heterocycles. The van der Waals surface area contributed by atoms with Gasteiger partial charge in [0.05, 0.1) is 19.1 Å². The van der Waals surface area contributed by atoms with E-state index in [0.29, 0.717) is 5.56 Å². The van der Waals surface area contributed by atoms with Crippen LogP contribution >= 0.6 is 12.2 Å². The number of benzene rings is 1. The molecule has 0 radical (unpaired) electrons. The number of carbonyl (C=O) groups is 1. The molecule has 4 N–H and O–H groups in total. The highest BCUT2D eigenvalue weighted by atomic mass is 32.2. The van der Waals surface area contributed by atoms with E-state index in [1.165, 1.54) is 26.3 Å². The molecule has 2 rings (SSSR count). The Bertz CT molecular complexity index is 954. The molecule has 0 saturated heterocycles. The molecule has 0 fully saturated rings. The van der Waals surface area contributed by atoms with Crippen molar-refractivity contribution < 1.29 is 17.9 Å². The lowest BCUT2D eigenvalue weighted by atomic mass is 9.96. The van der Waals surface area contributed by atoms with Crippen LogP contribution in [0.15, 0.2) is 41.6 Å². The van der Waals surface area contributed by atoms with Gasteiger partial charge >= 0.3 is 0 Å². The number of H-pyrrole nitrogens is 1. The average molecular weight is 425 g/mol. The number of thiocarbonyl (C=S) groups is 1. The molecule has 0 bridgehead atoms. The van der Waals surface area contributed by atoms with E-state index in [4.69, 9.17) is 17.0 Å². The lowest BCUT2D eigenvalue weighted by Gasteiger charge is -2.25. The summed E-state index contributed by atoms with van der Waals surface area (Å²) < 4.78 is 32.6. The second kappa shape index (κ2) is 8.61. The number of nitrogens with one attached hydrogen (secondary N) is 4. The van der Waals surface area contributed by atoms with Gasteiger partial charge in [-0.05, 0) is 55.4 Å². The van der Waals surface area contributed by atoms with Crippen LogP contribution in [-0.4, -0.2) is 38.6 Å². The maximum Gasteiger partial charge on any atom is 0.267 e. The molecule has 0 spiro atoms. The molecular formula is C18H24N4O4S2. The van der Waals surface area contributed by atoms with Gasteiger partial charge in [0.25, 0.3) is 10.0 Å². The van der Waals surface area contributed by atoms with Gasteiger partial charge < -0.3 is 20.4 Å². The van der Waals surface area contributed by atoms with Gasteiger partial charge in [-0.3, -0.25) is 9.52 Å². The Hall–Kier alpha value is -2.59. The summed E-state index contributed by atoms with van der Waals surface area (Å²) in [6.45, 7) is 3.78. The Labute approximate surface area is 170 Å². The summed E-state index contributed by atoms with van der Waals surface area (Å²) in [5, 5.41) is 5.45. The first-order valence-corrected chi connectivity index (χ1v) is 10.3. The summed E-state index contributed by atoms with van der Waals surface area (Å²) in [6, 6.07) is 6.45. The fourth-order valence-corrected chi connectivity index (χ4v) is 4.14. The quantitative estimate of drug-likeness (QED) is 0.500. The van der Waals surface area contributed by atoms with E-state index in [9.17, 15) is 13.2 Å². The number of sulfonamides is 1. The Balaban J connectivity index is 2.23. The number of hydrogen-bond acceptors (Lipinski definition) is 5. The highest BCUT2D eigenvalue weighted by Crippen LogP contribution is 2.25. The number of rotatable bonds is 7. The molecule has 0 aliphatic rings. The first kappa shape index (κ1) is 21.7. The second-order valence-electron chi connectivity index (χ2n) is 6.62. The fraction of sp³-hybridized carbons (Fsp3) is 0.333. The zero-order valence-corrected chi connectivity index (χ0v) is 17.8. The maximum absolute atomic E-state index is 12.6. The topological polar surface area (TPSA) is 112 Å². The van der Waals surface area contributed by atoms with E-state index in [2.05, 4.69) is 20.3 Å². The van der Waals surface area contributed by atoms with E-state index in [-0.39, 0.29) is 28.1 Å². The van der Waals surface area contributed by atoms with E-state index in [0.717, 1.165) is 5.56 Å². The molecule has 28 heavy (non-hydrogen) atoms. The third-order valence-corrected chi connectivity index (χ3v) is 5.91. The molecule has 152 valence electrons. The van der Waals surface area contributed by atoms with Crippen molar-refractivity contribution in [2.45, 2.75) is 30.7 Å². The lowest BCUT2D eigenvalue weighted by molar-refractivity contribution is -0.122. The first-order chi connectivity index (χ1) is 13.1. The van der Waals surface area contributed by atoms with Crippen LogP contribution in [0.4, 0.5) is 0 Å². The predicted molar refractivity (Wildman–Crippen MR) is 111 cm³/mol. The van der Waals surface area contributed by atoms with Crippen molar-refractivity contribution in [3.8, 4) is 5.75 Å². The molecule has 10 heteroatoms. The minimum Gasteiger partial charge on any atom is -0.495 e. The number of hydrogen-bond donors (Lipinski definition) is 4. The average Bonchev–Trinajstić information content (AvgIpc) is 3.16. The maximum atomic E-state index is 12.6. The number of aromatic nitrogens is 1. The molecule has 8 nitrogen and oxygen atoms in total. The minimum absolute atomic E-state index is 0.0108. The number of carbonyl (C=O) groups excluding carboxylic acids is 1. The van der Waals surface area contributed by atoms with Crippen LogP contribution < -0.4 is 20.1 Å². The SMILES string of the molecule is CNC(=S)NS(=O)(=O)c1cc(CC(=O)NC(C)(C)c2cc[nH]c2)ccc1OC. The summed E-state index contributed by atoms with van der Waals surface area (Å²) >= 11 is 4.88. The van der Waals surface area contributed by atoms with Gasteiger partial charge in [-0.1, -0.05) is 6.07 Å². The normalized spacial score (nSPS) is 11.6. The summed E-state index contributed by atoms with van der Waals surface area (Å²) in [6.07, 6.45) is 3.61. The van der Waals surface area contributed by atoms with Gasteiger partial charge in [-0.15, -0.1) is 0 Å². The third-order valence-electron chi connectivity index (χ3n) is 4.11. The smallest absolute Gasteiger partial charge is 0.267 e. The summed E-state index contributed by atoms with van der Waals surface area (Å²) in [7, 11) is -1.08. The van der Waals surface area contributed by atoms with E-state index in [1.807, 2.05) is 26.1 Å². The first-order valence-electron chi connectivity index (χ1n) is 8.45. The van der Waals surface area contributed by atoms with Crippen LogP contribution in [0.5, 0.6) is 5.75 Å².